The molecule has 2 aromatic rings. The number of nitrogens with one attached hydrogen (secondary N) is 2. The molecule has 0 saturated carbocycles. The Labute approximate surface area is 754 Å². The molecule has 9 saturated heterocycles. The fourth-order valence-electron chi connectivity index (χ4n) is 18.1. The summed E-state index contributed by atoms with van der Waals surface area (Å²) in [6, 6.07) is -7.75. The van der Waals surface area contributed by atoms with Gasteiger partial charge in [-0.25, -0.2) is 4.79 Å². The van der Waals surface area contributed by atoms with E-state index in [4.69, 9.17) is 141 Å². The molecule has 54 heteroatoms. The zero-order valence-corrected chi connectivity index (χ0v) is 72.4. The summed E-state index contributed by atoms with van der Waals surface area (Å²) in [5.74, 6) is -0.873. The molecule has 755 valence electrons. The van der Waals surface area contributed by atoms with Crippen LogP contribution in [0.5, 0.6) is 0 Å². The SMILES string of the molecule is CCN(CC)C(=O)[C@@H]1C=C2c3cccc4[nH]cc(c34)C[C@H]2N(C)C1.COC(=O)N[C@H]1[C@H](O[C@H]2[C@H](O)[C@@H](N)[C@H](O[C@H]3[C@H](O)[C@@H](N)[C@H](O)O[C@@H]3CO)O[C@@H]2CO)O[C@H](CO)[C@@H](O[C@@H]2O[C@H](CO)[C@@H](O[C@@H]3O[C@H](CO)[C@@H](O[C@@H]4O[C@H](CO)[C@@H](O[C@@H]5O[C@H](CO)[C@@H](O[C@@H]6O[C@H](CO)[C@@H](O[C@@H]7O[C@H](CO)[C@@H](O)[C@H](O)[C@H]7N)[C@H](O)[C@H]6N)[C@H](O)[C@H]5N)[C@H](O)[C@H]4N)[C@H](O)[C@H]3N)[C@H](O)[C@H]2N)[C@@H]1O.[CH2]C(=O)O. The lowest BCUT2D eigenvalue weighted by molar-refractivity contribution is -0.372. The van der Waals surface area contributed by atoms with Crippen molar-refractivity contribution in [1.29, 1.82) is 0 Å². The molecule has 9 fully saturated rings. The van der Waals surface area contributed by atoms with Crippen molar-refractivity contribution in [2.75, 3.05) is 93.3 Å². The van der Waals surface area contributed by atoms with E-state index in [9.17, 15) is 112 Å². The van der Waals surface area contributed by atoms with Gasteiger partial charge in [-0.15, -0.1) is 0 Å². The predicted octanol–water partition coefficient (Wildman–Crippen LogP) is -17.7. The maximum Gasteiger partial charge on any atom is 0.407 e. The lowest BCUT2D eigenvalue weighted by Crippen LogP contribution is -2.71. The summed E-state index contributed by atoms with van der Waals surface area (Å²) in [6.45, 7) is 0.778. The van der Waals surface area contributed by atoms with E-state index in [0.29, 0.717) is 6.04 Å². The number of benzene rings is 1. The molecule has 0 bridgehead atoms. The average Bonchev–Trinajstić information content (AvgIpc) is 1.14. The molecule has 2 amide bonds. The smallest absolute Gasteiger partial charge is 0.407 e. The van der Waals surface area contributed by atoms with Crippen molar-refractivity contribution in [2.45, 2.75) is 302 Å². The van der Waals surface area contributed by atoms with Gasteiger partial charge in [0.15, 0.2) is 56.6 Å². The number of fused-ring (bicyclic) bond motifs is 2. The summed E-state index contributed by atoms with van der Waals surface area (Å²) in [4.78, 5) is 42.3. The number of methoxy groups -OCH3 is 1. The molecule has 1 aromatic heterocycles. The van der Waals surface area contributed by atoms with Gasteiger partial charge in [-0.2, -0.15) is 0 Å². The van der Waals surface area contributed by atoms with E-state index in [2.05, 4.69) is 73.5 Å². The number of hydrogen-bond acceptors (Lipinski definition) is 50. The second kappa shape index (κ2) is 47.2. The molecular formula is C78H131N12O42. The topological polar surface area (TPSA) is 885 Å². The maximum absolute atomic E-state index is 12.9. The van der Waals surface area contributed by atoms with Crippen molar-refractivity contribution in [3.8, 4) is 0 Å². The van der Waals surface area contributed by atoms with Gasteiger partial charge in [-0.3, -0.25) is 14.5 Å². The quantitative estimate of drug-likeness (QED) is 0.0360. The summed E-state index contributed by atoms with van der Waals surface area (Å²) in [6.07, 6.45) is -57.2. The summed E-state index contributed by atoms with van der Waals surface area (Å²) in [7, 11) is 3.11. The van der Waals surface area contributed by atoms with Crippen LogP contribution < -0.4 is 51.2 Å². The number of carbonyl (C=O) groups is 3. The Hall–Kier alpha value is -5.13. The van der Waals surface area contributed by atoms with Crippen LogP contribution in [0.3, 0.4) is 0 Å². The van der Waals surface area contributed by atoms with Crippen molar-refractivity contribution in [1.82, 2.24) is 20.1 Å². The van der Waals surface area contributed by atoms with Gasteiger partial charge in [0.1, 0.15) is 171 Å². The van der Waals surface area contributed by atoms with Gasteiger partial charge >= 0.3 is 12.1 Å². The highest BCUT2D eigenvalue weighted by Gasteiger charge is 2.60. The summed E-state index contributed by atoms with van der Waals surface area (Å²) in [5.41, 5.74) is 55.4. The van der Waals surface area contributed by atoms with E-state index < -0.39 is 347 Å². The van der Waals surface area contributed by atoms with Crippen LogP contribution in [0.2, 0.25) is 0 Å². The third-order valence-electron chi connectivity index (χ3n) is 25.6. The molecule has 1 radical (unpaired) electrons. The number of aliphatic carboxylic acids is 1. The molecular weight excluding hydrogens is 1780 g/mol. The Bertz CT molecular complexity index is 3970. The van der Waals surface area contributed by atoms with Crippen molar-refractivity contribution >= 4 is 34.4 Å². The minimum atomic E-state index is -2.04. The van der Waals surface area contributed by atoms with Crippen molar-refractivity contribution in [3.63, 3.8) is 0 Å². The summed E-state index contributed by atoms with van der Waals surface area (Å²) < 4.78 is 104. The van der Waals surface area contributed by atoms with Crippen LogP contribution in [0, 0.1) is 12.8 Å². The van der Waals surface area contributed by atoms with Crippen LogP contribution in [0.15, 0.2) is 30.5 Å². The second-order valence-electron chi connectivity index (χ2n) is 33.9. The average molecular weight is 1910 g/mol. The van der Waals surface area contributed by atoms with Crippen molar-refractivity contribution in [2.24, 2.45) is 51.8 Å². The van der Waals surface area contributed by atoms with Gasteiger partial charge in [-0.05, 0) is 50.1 Å². The fourth-order valence-corrected chi connectivity index (χ4v) is 18.1. The molecule has 39 N–H and O–H groups in total. The number of aromatic amines is 1. The normalized spacial score (nSPS) is 45.3. The number of carbonyl (C=O) groups excluding carboxylic acids is 2. The Morgan fingerprint density at radius 2 is 0.735 bits per heavy atom. The highest BCUT2D eigenvalue weighted by atomic mass is 16.8. The van der Waals surface area contributed by atoms with E-state index in [1.54, 1.807) is 0 Å². The standard InChI is InChI=1S/C56H103N9O39.C20H25N3O.C2H3O2/c1-87-56(86)65-28-38(84)46(19(10-74)96-55(28)104-45-18(9-73)95-49(27(64)37(45)83)97-39-12(3-67)88-47(85)20(57)31(39)77)103-54-26(63)36(82)44(17(8-72)94-54)102-53-25(62)35(81)43(16(7-71)93-53)101-52-24(61)34(80)42(15(6-70)92-52)100-51-23(60)33(79)41(14(5-69)91-51)99-50-22(59)32(78)40(13(4-68)90-50)98-48-21(58)30(76)29(75)11(2-66)89-48;1-4-23(5-2)20(24)14-9-16-15-7-6-8-17-19(15)13(11-21-17)10-18(16)22(3)12-14;1-2(3)4/h11-55,66-85H,2-10,57-64H2,1H3,(H,65,86);6-9,11,14,18,21H,4-5,10,12H2,1-3H3;1H2,(H,3,4)/t11-,12-,13-,14-,15-,16-,17-,18-,19-,20-,21-,22-,23-,24-,25-,26-,27-,28-,29-,30-,31-,32-,33-,34-,35-,36-,37-,38-,39-,40-,41-,42-,43-,44-,45-,46-,47-,48+,49+,50+,51+,52+,53+,54+,55+;14-,18-;/m11./s1. The third kappa shape index (κ3) is 22.8. The number of carboxylic acids is 1. The second-order valence-corrected chi connectivity index (χ2v) is 33.9. The van der Waals surface area contributed by atoms with Gasteiger partial charge in [0.05, 0.1) is 128 Å². The number of aliphatic hydroxyl groups is 20. The highest BCUT2D eigenvalue weighted by Crippen LogP contribution is 2.43. The van der Waals surface area contributed by atoms with E-state index in [0.717, 1.165) is 33.2 Å². The Morgan fingerprint density at radius 1 is 0.439 bits per heavy atom. The van der Waals surface area contributed by atoms with E-state index in [-0.39, 0.29) is 11.8 Å². The molecule has 1 aromatic carbocycles. The molecule has 132 heavy (non-hydrogen) atoms. The highest BCUT2D eigenvalue weighted by molar-refractivity contribution is 5.99. The fraction of sp³-hybridized carbons (Fsp3) is 0.821. The monoisotopic (exact) mass is 1910 g/mol. The lowest BCUT2D eigenvalue weighted by atomic mass is 9.79. The van der Waals surface area contributed by atoms with Crippen molar-refractivity contribution < 1.29 is 207 Å². The first-order chi connectivity index (χ1) is 62.8. The van der Waals surface area contributed by atoms with E-state index in [1.807, 2.05) is 4.90 Å². The van der Waals surface area contributed by atoms with Crippen LogP contribution in [0.1, 0.15) is 25.0 Å². The molecule has 47 atom stereocenters. The van der Waals surface area contributed by atoms with Crippen LogP contribution in [-0.2, 0) is 101 Å². The number of aromatic nitrogens is 1. The van der Waals surface area contributed by atoms with Gasteiger partial charge in [0, 0.05) is 42.8 Å². The van der Waals surface area contributed by atoms with Crippen LogP contribution in [0.4, 0.5) is 4.79 Å². The number of aliphatic hydroxyl groups excluding tert-OH is 20. The molecule has 11 aliphatic rings. The zero-order valence-electron chi connectivity index (χ0n) is 72.4. The molecule has 0 spiro atoms. The third-order valence-corrected chi connectivity index (χ3v) is 25.6. The van der Waals surface area contributed by atoms with Gasteiger partial charge < -0.3 is 254 Å². The zero-order chi connectivity index (χ0) is 96.8. The number of alkyl carbamates (subject to hydrolysis) is 1. The number of ether oxygens (including phenoxy) is 18. The number of nitrogens with zero attached hydrogens (tertiary/aromatic N) is 2. The predicted molar refractivity (Wildman–Crippen MR) is 437 cm³/mol. The molecule has 13 rings (SSSR count). The number of hydrogen-bond donors (Lipinski definition) is 31. The van der Waals surface area contributed by atoms with E-state index in [1.165, 1.54) is 27.6 Å². The summed E-state index contributed by atoms with van der Waals surface area (Å²) >= 11 is 0. The first-order valence-electron chi connectivity index (χ1n) is 43.1. The Morgan fingerprint density at radius 3 is 1.06 bits per heavy atom. The van der Waals surface area contributed by atoms with E-state index >= 15 is 0 Å². The van der Waals surface area contributed by atoms with Crippen LogP contribution in [0.25, 0.3) is 16.5 Å². The van der Waals surface area contributed by atoms with Gasteiger partial charge in [-0.1, -0.05) is 18.2 Å². The maximum atomic E-state index is 12.9. The number of rotatable bonds is 29. The minimum absolute atomic E-state index is 0.0445. The van der Waals surface area contributed by atoms with Crippen LogP contribution >= 0.6 is 0 Å². The molecule has 1 aliphatic carbocycles. The van der Waals surface area contributed by atoms with Gasteiger partial charge in [0.25, 0.3) is 0 Å². The van der Waals surface area contributed by atoms with Crippen molar-refractivity contribution in [3.05, 3.63) is 48.5 Å². The molecule has 11 heterocycles. The molecule has 0 unspecified atom stereocenters. The summed E-state index contributed by atoms with van der Waals surface area (Å²) in [5, 5.41) is 227. The lowest BCUT2D eigenvalue weighted by Gasteiger charge is -2.51. The molecule has 54 nitrogen and oxygen atoms in total. The Kier molecular flexibility index (Phi) is 38.4. The minimum Gasteiger partial charge on any atom is -0.481 e. The van der Waals surface area contributed by atoms with Gasteiger partial charge in [0.2, 0.25) is 5.91 Å². The number of amides is 2. The number of likely N-dealkylation sites (N-methyl/N-ethyl adjacent to an activating group) is 1. The first-order valence-corrected chi connectivity index (χ1v) is 43.1. The number of H-pyrrole nitrogens is 1. The first kappa shape index (κ1) is 107. The number of nitrogens with two attached hydrogens (primary N) is 8. The van der Waals surface area contributed by atoms with Crippen LogP contribution in [-0.4, -0.2) is 515 Å². The number of carboxylic acid groups (broad SMARTS) is 1. The largest absolute Gasteiger partial charge is 0.481 e. The Balaban J connectivity index is 0.000000506. The molecule has 10 aliphatic heterocycles.